The van der Waals surface area contributed by atoms with Crippen molar-refractivity contribution in [2.24, 2.45) is 0 Å². The van der Waals surface area contributed by atoms with E-state index in [9.17, 15) is 9.90 Å². The summed E-state index contributed by atoms with van der Waals surface area (Å²) in [7, 11) is 0. The van der Waals surface area contributed by atoms with Crippen molar-refractivity contribution in [3.8, 4) is 5.13 Å². The van der Waals surface area contributed by atoms with Gasteiger partial charge in [-0.25, -0.2) is 9.78 Å². The first-order chi connectivity index (χ1) is 9.27. The first kappa shape index (κ1) is 12.3. The van der Waals surface area contributed by atoms with Crippen LogP contribution in [0.5, 0.6) is 0 Å². The lowest BCUT2D eigenvalue weighted by atomic mass is 9.86. The normalized spacial score (nSPS) is 16.6. The van der Waals surface area contributed by atoms with Crippen LogP contribution in [-0.4, -0.2) is 31.1 Å². The quantitative estimate of drug-likeness (QED) is 0.932. The summed E-state index contributed by atoms with van der Waals surface area (Å²) in [5, 5.41) is 19.6. The fourth-order valence-corrected chi connectivity index (χ4v) is 3.25. The Kier molecular flexibility index (Phi) is 3.29. The van der Waals surface area contributed by atoms with Crippen LogP contribution in [-0.2, 0) is 0 Å². The Morgan fingerprint density at radius 2 is 2.16 bits per heavy atom. The van der Waals surface area contributed by atoms with E-state index in [4.69, 9.17) is 0 Å². The smallest absolute Gasteiger partial charge is 0.358 e. The molecule has 0 radical (unpaired) electrons. The molecule has 100 valence electrons. The van der Waals surface area contributed by atoms with E-state index < -0.39 is 5.97 Å². The minimum Gasteiger partial charge on any atom is -0.476 e. The molecular formula is C12H14N4O2S. The highest BCUT2D eigenvalue weighted by molar-refractivity contribution is 7.12. The van der Waals surface area contributed by atoms with Crippen molar-refractivity contribution in [3.05, 3.63) is 23.0 Å². The Hall–Kier alpha value is -1.76. The van der Waals surface area contributed by atoms with Crippen molar-refractivity contribution in [2.45, 2.75) is 38.0 Å². The summed E-state index contributed by atoms with van der Waals surface area (Å²) in [6.07, 6.45) is 7.17. The van der Waals surface area contributed by atoms with Gasteiger partial charge in [0.1, 0.15) is 0 Å². The number of aromatic nitrogens is 4. The fraction of sp³-hybridized carbons (Fsp3) is 0.500. The second-order valence-electron chi connectivity index (χ2n) is 4.69. The SMILES string of the molecule is O=C(O)c1nnn(-c2nccs2)c1C1CCCCC1. The summed E-state index contributed by atoms with van der Waals surface area (Å²) in [6, 6.07) is 0. The number of thiazole rings is 1. The second-order valence-corrected chi connectivity index (χ2v) is 5.56. The maximum Gasteiger partial charge on any atom is 0.358 e. The molecule has 1 saturated carbocycles. The molecular weight excluding hydrogens is 264 g/mol. The molecule has 2 aromatic rings. The van der Waals surface area contributed by atoms with E-state index in [0.717, 1.165) is 25.7 Å². The van der Waals surface area contributed by atoms with E-state index in [0.29, 0.717) is 10.8 Å². The maximum absolute atomic E-state index is 11.3. The van der Waals surface area contributed by atoms with Gasteiger partial charge < -0.3 is 5.11 Å². The first-order valence-electron chi connectivity index (χ1n) is 6.36. The van der Waals surface area contributed by atoms with Gasteiger partial charge in [0.2, 0.25) is 5.13 Å². The van der Waals surface area contributed by atoms with E-state index >= 15 is 0 Å². The molecule has 0 aliphatic heterocycles. The van der Waals surface area contributed by atoms with Gasteiger partial charge in [-0.15, -0.1) is 16.4 Å². The molecule has 0 saturated heterocycles. The highest BCUT2D eigenvalue weighted by Gasteiger charge is 2.28. The first-order valence-corrected chi connectivity index (χ1v) is 7.24. The summed E-state index contributed by atoms with van der Waals surface area (Å²) >= 11 is 1.44. The number of aromatic carboxylic acids is 1. The second kappa shape index (κ2) is 5.08. The van der Waals surface area contributed by atoms with Crippen molar-refractivity contribution >= 4 is 17.3 Å². The van der Waals surface area contributed by atoms with Gasteiger partial charge in [0, 0.05) is 17.5 Å². The zero-order chi connectivity index (χ0) is 13.2. The number of carboxylic acids is 1. The number of nitrogens with zero attached hydrogens (tertiary/aromatic N) is 4. The van der Waals surface area contributed by atoms with Crippen LogP contribution in [0.25, 0.3) is 5.13 Å². The molecule has 1 aliphatic carbocycles. The topological polar surface area (TPSA) is 80.9 Å². The molecule has 0 atom stereocenters. The molecule has 0 unspecified atom stereocenters. The lowest BCUT2D eigenvalue weighted by Gasteiger charge is -2.21. The Morgan fingerprint density at radius 1 is 1.37 bits per heavy atom. The van der Waals surface area contributed by atoms with E-state index in [1.54, 1.807) is 10.9 Å². The van der Waals surface area contributed by atoms with Crippen LogP contribution < -0.4 is 0 Å². The number of carbonyl (C=O) groups is 1. The summed E-state index contributed by atoms with van der Waals surface area (Å²) in [4.78, 5) is 15.5. The predicted molar refractivity (Wildman–Crippen MR) is 69.8 cm³/mol. The Morgan fingerprint density at radius 3 is 2.79 bits per heavy atom. The Balaban J connectivity index is 2.07. The molecule has 19 heavy (non-hydrogen) atoms. The van der Waals surface area contributed by atoms with Gasteiger partial charge in [0.15, 0.2) is 5.69 Å². The van der Waals surface area contributed by atoms with E-state index in [-0.39, 0.29) is 11.6 Å². The third-order valence-corrected chi connectivity index (χ3v) is 4.25. The molecule has 0 spiro atoms. The van der Waals surface area contributed by atoms with Gasteiger partial charge in [-0.3, -0.25) is 0 Å². The molecule has 1 aliphatic rings. The molecule has 6 nitrogen and oxygen atoms in total. The molecule has 2 aromatic heterocycles. The van der Waals surface area contributed by atoms with Gasteiger partial charge in [-0.05, 0) is 12.8 Å². The lowest BCUT2D eigenvalue weighted by Crippen LogP contribution is -2.14. The third-order valence-electron chi connectivity index (χ3n) is 3.50. The highest BCUT2D eigenvalue weighted by atomic mass is 32.1. The van der Waals surface area contributed by atoms with Crippen LogP contribution in [0.4, 0.5) is 0 Å². The van der Waals surface area contributed by atoms with Crippen LogP contribution in [0.1, 0.15) is 54.2 Å². The summed E-state index contributed by atoms with van der Waals surface area (Å²) in [5.41, 5.74) is 0.782. The number of rotatable bonds is 3. The van der Waals surface area contributed by atoms with Gasteiger partial charge in [0.05, 0.1) is 5.69 Å². The molecule has 1 fully saturated rings. The Bertz CT molecular complexity index is 573. The summed E-state index contributed by atoms with van der Waals surface area (Å²) in [6.45, 7) is 0. The van der Waals surface area contributed by atoms with Crippen LogP contribution in [0.2, 0.25) is 0 Å². The molecule has 7 heteroatoms. The molecule has 2 heterocycles. The van der Waals surface area contributed by atoms with Crippen molar-refractivity contribution in [2.75, 3.05) is 0 Å². The van der Waals surface area contributed by atoms with E-state index in [1.807, 2.05) is 5.38 Å². The highest BCUT2D eigenvalue weighted by Crippen LogP contribution is 2.35. The fourth-order valence-electron chi connectivity index (χ4n) is 2.65. The number of hydrogen-bond donors (Lipinski definition) is 1. The third kappa shape index (κ3) is 2.25. The molecule has 0 aromatic carbocycles. The largest absolute Gasteiger partial charge is 0.476 e. The molecule has 1 N–H and O–H groups in total. The van der Waals surface area contributed by atoms with Crippen molar-refractivity contribution in [3.63, 3.8) is 0 Å². The van der Waals surface area contributed by atoms with Crippen molar-refractivity contribution in [1.29, 1.82) is 0 Å². The standard InChI is InChI=1S/C12H14N4O2S/c17-11(18)9-10(8-4-2-1-3-5-8)16(15-14-9)12-13-6-7-19-12/h6-8H,1-5H2,(H,17,18). The van der Waals surface area contributed by atoms with Crippen LogP contribution in [0.3, 0.4) is 0 Å². The monoisotopic (exact) mass is 278 g/mol. The van der Waals surface area contributed by atoms with Crippen LogP contribution >= 0.6 is 11.3 Å². The van der Waals surface area contributed by atoms with Crippen LogP contribution in [0.15, 0.2) is 11.6 Å². The van der Waals surface area contributed by atoms with Gasteiger partial charge >= 0.3 is 5.97 Å². The van der Waals surface area contributed by atoms with Crippen molar-refractivity contribution in [1.82, 2.24) is 20.0 Å². The number of carboxylic acid groups (broad SMARTS) is 1. The average molecular weight is 278 g/mol. The lowest BCUT2D eigenvalue weighted by molar-refractivity contribution is 0.0688. The summed E-state index contributed by atoms with van der Waals surface area (Å²) < 4.78 is 1.60. The predicted octanol–water partition coefficient (Wildman–Crippen LogP) is 2.47. The zero-order valence-corrected chi connectivity index (χ0v) is 11.1. The zero-order valence-electron chi connectivity index (χ0n) is 10.3. The van der Waals surface area contributed by atoms with E-state index in [2.05, 4.69) is 15.3 Å². The maximum atomic E-state index is 11.3. The minimum absolute atomic E-state index is 0.0714. The summed E-state index contributed by atoms with van der Waals surface area (Å²) in [5.74, 6) is -0.790. The van der Waals surface area contributed by atoms with Gasteiger partial charge in [-0.2, -0.15) is 4.68 Å². The van der Waals surface area contributed by atoms with Gasteiger partial charge in [-0.1, -0.05) is 24.5 Å². The number of hydrogen-bond acceptors (Lipinski definition) is 5. The van der Waals surface area contributed by atoms with Crippen LogP contribution in [0, 0.1) is 0 Å². The van der Waals surface area contributed by atoms with E-state index in [1.165, 1.54) is 17.8 Å². The molecule has 0 amide bonds. The van der Waals surface area contributed by atoms with Crippen molar-refractivity contribution < 1.29 is 9.90 Å². The van der Waals surface area contributed by atoms with Gasteiger partial charge in [0.25, 0.3) is 0 Å². The molecule has 3 rings (SSSR count). The molecule has 0 bridgehead atoms. The Labute approximate surface area is 114 Å². The minimum atomic E-state index is -1.01. The average Bonchev–Trinajstić information content (AvgIpc) is 3.08.